The van der Waals surface area contributed by atoms with Gasteiger partial charge in [-0.15, -0.1) is 0 Å². The van der Waals surface area contributed by atoms with E-state index in [0.717, 1.165) is 41.9 Å². The van der Waals surface area contributed by atoms with Crippen molar-refractivity contribution in [3.8, 4) is 5.75 Å². The molecule has 6 heteroatoms. The van der Waals surface area contributed by atoms with E-state index in [9.17, 15) is 4.79 Å². The largest absolute Gasteiger partial charge is 0.494 e. The van der Waals surface area contributed by atoms with E-state index < -0.39 is 0 Å². The van der Waals surface area contributed by atoms with Crippen molar-refractivity contribution in [2.75, 3.05) is 25.0 Å². The highest BCUT2D eigenvalue weighted by Gasteiger charge is 2.17. The van der Waals surface area contributed by atoms with Crippen LogP contribution in [0.5, 0.6) is 5.75 Å². The normalized spacial score (nSPS) is 15.2. The van der Waals surface area contributed by atoms with Gasteiger partial charge in [0.1, 0.15) is 5.75 Å². The molecule has 3 rings (SSSR count). The fourth-order valence-corrected chi connectivity index (χ4v) is 3.37. The number of anilines is 1. The smallest absolute Gasteiger partial charge is 0.323 e. The first kappa shape index (κ1) is 14.1. The van der Waals surface area contributed by atoms with Crippen LogP contribution in [0.2, 0.25) is 0 Å². The van der Waals surface area contributed by atoms with Gasteiger partial charge in [0.05, 0.1) is 16.8 Å². The number of hydrogen-bond acceptors (Lipinski definition) is 4. The van der Waals surface area contributed by atoms with Gasteiger partial charge >= 0.3 is 6.03 Å². The number of hydrogen-bond donors (Lipinski definition) is 1. The number of carbonyl (C=O) groups excluding carboxylic acids is 1. The summed E-state index contributed by atoms with van der Waals surface area (Å²) in [6.07, 6.45) is 3.39. The Morgan fingerprint density at radius 2 is 2.19 bits per heavy atom. The van der Waals surface area contributed by atoms with E-state index in [4.69, 9.17) is 4.74 Å². The third kappa shape index (κ3) is 3.26. The summed E-state index contributed by atoms with van der Waals surface area (Å²) in [7, 11) is 0. The van der Waals surface area contributed by atoms with Crippen LogP contribution in [0.1, 0.15) is 26.2 Å². The first-order chi connectivity index (χ1) is 10.3. The highest BCUT2D eigenvalue weighted by atomic mass is 32.1. The molecule has 112 valence electrons. The van der Waals surface area contributed by atoms with Crippen molar-refractivity contribution in [3.05, 3.63) is 18.2 Å². The molecular weight excluding hydrogens is 286 g/mol. The lowest BCUT2D eigenvalue weighted by atomic mass is 10.1. The number of likely N-dealkylation sites (tertiary alicyclic amines) is 1. The molecule has 0 aliphatic carbocycles. The molecule has 0 atom stereocenters. The van der Waals surface area contributed by atoms with Gasteiger partial charge in [-0.25, -0.2) is 9.78 Å². The maximum absolute atomic E-state index is 12.2. The van der Waals surface area contributed by atoms with Crippen molar-refractivity contribution >= 4 is 32.7 Å². The van der Waals surface area contributed by atoms with E-state index in [0.29, 0.717) is 11.7 Å². The lowest BCUT2D eigenvalue weighted by molar-refractivity contribution is 0.200. The molecule has 0 bridgehead atoms. The van der Waals surface area contributed by atoms with Crippen LogP contribution in [-0.2, 0) is 0 Å². The van der Waals surface area contributed by atoms with Gasteiger partial charge in [-0.2, -0.15) is 0 Å². The summed E-state index contributed by atoms with van der Waals surface area (Å²) >= 11 is 1.48. The third-order valence-corrected chi connectivity index (χ3v) is 4.46. The fourth-order valence-electron chi connectivity index (χ4n) is 2.48. The molecular formula is C15H19N3O2S. The van der Waals surface area contributed by atoms with Crippen molar-refractivity contribution in [1.29, 1.82) is 0 Å². The Morgan fingerprint density at radius 1 is 1.38 bits per heavy atom. The van der Waals surface area contributed by atoms with Crippen molar-refractivity contribution in [1.82, 2.24) is 9.88 Å². The Kier molecular flexibility index (Phi) is 4.24. The van der Waals surface area contributed by atoms with Gasteiger partial charge < -0.3 is 9.64 Å². The molecule has 1 aromatic carbocycles. The number of fused-ring (bicyclic) bond motifs is 1. The van der Waals surface area contributed by atoms with Gasteiger partial charge in [-0.3, -0.25) is 5.32 Å². The van der Waals surface area contributed by atoms with Gasteiger partial charge in [0.25, 0.3) is 0 Å². The molecule has 0 radical (unpaired) electrons. The maximum Gasteiger partial charge on any atom is 0.323 e. The summed E-state index contributed by atoms with van der Waals surface area (Å²) < 4.78 is 6.51. The van der Waals surface area contributed by atoms with E-state index in [1.807, 2.05) is 30.0 Å². The van der Waals surface area contributed by atoms with E-state index in [1.165, 1.54) is 17.8 Å². The molecule has 1 saturated heterocycles. The van der Waals surface area contributed by atoms with Crippen LogP contribution in [-0.4, -0.2) is 35.6 Å². The SMILES string of the molecule is CCOc1ccc2nc(NC(=O)N3CCCCC3)sc2c1. The number of nitrogens with one attached hydrogen (secondary N) is 1. The Balaban J connectivity index is 1.73. The minimum Gasteiger partial charge on any atom is -0.494 e. The number of carbonyl (C=O) groups is 1. The third-order valence-electron chi connectivity index (χ3n) is 3.53. The average molecular weight is 305 g/mol. The molecule has 0 unspecified atom stereocenters. The lowest BCUT2D eigenvalue weighted by Gasteiger charge is -2.26. The van der Waals surface area contributed by atoms with Crippen LogP contribution in [0.4, 0.5) is 9.93 Å². The number of urea groups is 1. The van der Waals surface area contributed by atoms with Crippen LogP contribution < -0.4 is 10.1 Å². The molecule has 2 amide bonds. The van der Waals surface area contributed by atoms with Crippen molar-refractivity contribution in [2.45, 2.75) is 26.2 Å². The Labute approximate surface area is 127 Å². The molecule has 5 nitrogen and oxygen atoms in total. The Morgan fingerprint density at radius 3 is 2.95 bits per heavy atom. The molecule has 1 aliphatic rings. The summed E-state index contributed by atoms with van der Waals surface area (Å²) in [5.41, 5.74) is 0.886. The van der Waals surface area contributed by atoms with Gasteiger partial charge in [-0.1, -0.05) is 11.3 Å². The molecule has 2 aromatic rings. The molecule has 0 spiro atoms. The van der Waals surface area contributed by atoms with Gasteiger partial charge in [-0.05, 0) is 44.4 Å². The van der Waals surface area contributed by atoms with Crippen LogP contribution >= 0.6 is 11.3 Å². The number of piperidine rings is 1. The second kappa shape index (κ2) is 6.30. The van der Waals surface area contributed by atoms with E-state index >= 15 is 0 Å². The zero-order valence-electron chi connectivity index (χ0n) is 12.1. The topological polar surface area (TPSA) is 54.5 Å². The fraction of sp³-hybridized carbons (Fsp3) is 0.467. The molecule has 1 aromatic heterocycles. The quantitative estimate of drug-likeness (QED) is 0.940. The molecule has 1 N–H and O–H groups in total. The summed E-state index contributed by atoms with van der Waals surface area (Å²) in [5.74, 6) is 0.836. The average Bonchev–Trinajstić information content (AvgIpc) is 2.90. The minimum absolute atomic E-state index is 0.0428. The first-order valence-corrected chi connectivity index (χ1v) is 8.17. The minimum atomic E-state index is -0.0428. The summed E-state index contributed by atoms with van der Waals surface area (Å²) in [6, 6.07) is 5.75. The molecule has 2 heterocycles. The predicted octanol–water partition coefficient (Wildman–Crippen LogP) is 3.71. The van der Waals surface area contributed by atoms with E-state index in [-0.39, 0.29) is 6.03 Å². The van der Waals surface area contributed by atoms with Gasteiger partial charge in [0.2, 0.25) is 0 Å². The molecule has 0 saturated carbocycles. The Hall–Kier alpha value is -1.82. The summed E-state index contributed by atoms with van der Waals surface area (Å²) in [6.45, 7) is 4.28. The second-order valence-electron chi connectivity index (χ2n) is 5.06. The first-order valence-electron chi connectivity index (χ1n) is 7.35. The number of ether oxygens (including phenoxy) is 1. The molecule has 1 fully saturated rings. The number of thiazole rings is 1. The van der Waals surface area contributed by atoms with E-state index in [1.54, 1.807) is 0 Å². The maximum atomic E-state index is 12.2. The Bertz CT molecular complexity index is 635. The highest BCUT2D eigenvalue weighted by molar-refractivity contribution is 7.22. The number of aromatic nitrogens is 1. The lowest BCUT2D eigenvalue weighted by Crippen LogP contribution is -2.38. The highest BCUT2D eigenvalue weighted by Crippen LogP contribution is 2.29. The monoisotopic (exact) mass is 305 g/mol. The second-order valence-corrected chi connectivity index (χ2v) is 6.09. The number of benzene rings is 1. The predicted molar refractivity (Wildman–Crippen MR) is 85.2 cm³/mol. The number of rotatable bonds is 3. The summed E-state index contributed by atoms with van der Waals surface area (Å²) in [4.78, 5) is 18.5. The zero-order valence-corrected chi connectivity index (χ0v) is 12.9. The van der Waals surface area contributed by atoms with Crippen molar-refractivity contribution < 1.29 is 9.53 Å². The summed E-state index contributed by atoms with van der Waals surface area (Å²) in [5, 5.41) is 3.55. The van der Waals surface area contributed by atoms with Crippen LogP contribution in [0.3, 0.4) is 0 Å². The number of amides is 2. The standard InChI is InChI=1S/C15H19N3O2S/c1-2-20-11-6-7-12-13(10-11)21-14(16-12)17-15(19)18-8-4-3-5-9-18/h6-7,10H,2-5,8-9H2,1H3,(H,16,17,19). The van der Waals surface area contributed by atoms with Crippen LogP contribution in [0, 0.1) is 0 Å². The van der Waals surface area contributed by atoms with Crippen molar-refractivity contribution in [3.63, 3.8) is 0 Å². The molecule has 1 aliphatic heterocycles. The number of nitrogens with zero attached hydrogens (tertiary/aromatic N) is 2. The van der Waals surface area contributed by atoms with Gasteiger partial charge in [0.15, 0.2) is 5.13 Å². The van der Waals surface area contributed by atoms with Crippen molar-refractivity contribution in [2.24, 2.45) is 0 Å². The van der Waals surface area contributed by atoms with Crippen LogP contribution in [0.15, 0.2) is 18.2 Å². The van der Waals surface area contributed by atoms with Crippen LogP contribution in [0.25, 0.3) is 10.2 Å². The zero-order chi connectivity index (χ0) is 14.7. The van der Waals surface area contributed by atoms with Gasteiger partial charge in [0, 0.05) is 13.1 Å². The van der Waals surface area contributed by atoms with E-state index in [2.05, 4.69) is 10.3 Å². The molecule has 21 heavy (non-hydrogen) atoms.